The van der Waals surface area contributed by atoms with E-state index in [1.807, 2.05) is 0 Å². The van der Waals surface area contributed by atoms with Gasteiger partial charge in [0, 0.05) is 5.75 Å². The predicted octanol–water partition coefficient (Wildman–Crippen LogP) is 1.31. The minimum Gasteiger partial charge on any atom is -0.462 e. The van der Waals surface area contributed by atoms with Gasteiger partial charge in [-0.1, -0.05) is 6.08 Å². The van der Waals surface area contributed by atoms with Crippen LogP contribution in [0, 0.1) is 0 Å². The molecule has 4 heteroatoms. The Morgan fingerprint density at radius 1 is 1.69 bits per heavy atom. The Bertz CT molecular complexity index is 279. The Kier molecular flexibility index (Phi) is 3.76. The quantitative estimate of drug-likeness (QED) is 0.495. The van der Waals surface area contributed by atoms with Crippen molar-refractivity contribution in [2.24, 2.45) is 0 Å². The first-order chi connectivity index (χ1) is 6.25. The number of esters is 1. The second-order valence-corrected chi connectivity index (χ2v) is 3.28. The van der Waals surface area contributed by atoms with Crippen LogP contribution in [0.4, 0.5) is 0 Å². The summed E-state index contributed by atoms with van der Waals surface area (Å²) in [6, 6.07) is 0. The fourth-order valence-electron chi connectivity index (χ4n) is 0.880. The van der Waals surface area contributed by atoms with Crippen molar-refractivity contribution in [1.29, 1.82) is 0 Å². The Balaban J connectivity index is 2.76. The van der Waals surface area contributed by atoms with Crippen molar-refractivity contribution in [3.05, 3.63) is 23.1 Å². The van der Waals surface area contributed by atoms with Crippen LogP contribution in [0.5, 0.6) is 0 Å². The van der Waals surface area contributed by atoms with E-state index in [1.165, 1.54) is 17.8 Å². The molecule has 0 radical (unpaired) electrons. The van der Waals surface area contributed by atoms with Crippen LogP contribution in [0.1, 0.15) is 6.92 Å². The number of hydrogen-bond acceptors (Lipinski definition) is 4. The predicted molar refractivity (Wildman–Crippen MR) is 51.3 cm³/mol. The molecule has 0 aliphatic carbocycles. The first-order valence-corrected chi connectivity index (χ1v) is 5.00. The summed E-state index contributed by atoms with van der Waals surface area (Å²) in [5.74, 6) is -0.167. The molecule has 70 valence electrons. The molecular weight excluding hydrogens is 188 g/mol. The zero-order valence-corrected chi connectivity index (χ0v) is 8.10. The minimum atomic E-state index is -0.528. The SMILES string of the molecule is CCOC(=O)C1=CCSC=CC1=O. The molecule has 0 unspecified atom stereocenters. The van der Waals surface area contributed by atoms with Crippen molar-refractivity contribution >= 4 is 23.5 Å². The highest BCUT2D eigenvalue weighted by atomic mass is 32.2. The standard InChI is InChI=1S/C9H10O3S/c1-2-12-9(11)7-3-5-13-6-4-8(7)10/h3-4,6H,2,5H2,1H3. The molecule has 1 rings (SSSR count). The van der Waals surface area contributed by atoms with Gasteiger partial charge in [-0.2, -0.15) is 0 Å². The first kappa shape index (κ1) is 10.1. The lowest BCUT2D eigenvalue weighted by molar-refractivity contribution is -0.139. The summed E-state index contributed by atoms with van der Waals surface area (Å²) in [6.45, 7) is 2.00. The normalized spacial score (nSPS) is 16.4. The third-order valence-electron chi connectivity index (χ3n) is 1.46. The van der Waals surface area contributed by atoms with Gasteiger partial charge in [-0.05, 0) is 18.4 Å². The van der Waals surface area contributed by atoms with Crippen LogP contribution in [-0.4, -0.2) is 24.1 Å². The van der Waals surface area contributed by atoms with Gasteiger partial charge in [0.15, 0.2) is 5.78 Å². The van der Waals surface area contributed by atoms with Crippen LogP contribution in [0.25, 0.3) is 0 Å². The number of rotatable bonds is 2. The van der Waals surface area contributed by atoms with Crippen molar-refractivity contribution < 1.29 is 14.3 Å². The number of ketones is 1. The van der Waals surface area contributed by atoms with E-state index in [0.717, 1.165) is 0 Å². The van der Waals surface area contributed by atoms with Gasteiger partial charge in [-0.3, -0.25) is 4.79 Å². The topological polar surface area (TPSA) is 43.4 Å². The van der Waals surface area contributed by atoms with Gasteiger partial charge >= 0.3 is 5.97 Å². The fourth-order valence-corrected chi connectivity index (χ4v) is 1.47. The highest BCUT2D eigenvalue weighted by molar-refractivity contribution is 8.02. The zero-order chi connectivity index (χ0) is 9.68. The molecule has 0 spiro atoms. The van der Waals surface area contributed by atoms with Crippen molar-refractivity contribution in [3.63, 3.8) is 0 Å². The van der Waals surface area contributed by atoms with E-state index in [9.17, 15) is 9.59 Å². The van der Waals surface area contributed by atoms with Gasteiger partial charge < -0.3 is 4.74 Å². The average molecular weight is 198 g/mol. The Hall–Kier alpha value is -1.03. The molecule has 1 heterocycles. The van der Waals surface area contributed by atoms with Crippen molar-refractivity contribution in [1.82, 2.24) is 0 Å². The average Bonchev–Trinajstić information content (AvgIpc) is 2.30. The van der Waals surface area contributed by atoms with E-state index < -0.39 is 5.97 Å². The maximum Gasteiger partial charge on any atom is 0.341 e. The van der Waals surface area contributed by atoms with Gasteiger partial charge in [0.05, 0.1) is 6.61 Å². The maximum absolute atomic E-state index is 11.3. The molecule has 13 heavy (non-hydrogen) atoms. The summed E-state index contributed by atoms with van der Waals surface area (Å²) in [7, 11) is 0. The summed E-state index contributed by atoms with van der Waals surface area (Å²) in [6.07, 6.45) is 2.99. The number of hydrogen-bond donors (Lipinski definition) is 0. The number of ether oxygens (including phenoxy) is 1. The van der Waals surface area contributed by atoms with Crippen LogP contribution < -0.4 is 0 Å². The highest BCUT2D eigenvalue weighted by Crippen LogP contribution is 2.12. The van der Waals surface area contributed by atoms with Gasteiger partial charge in [0.25, 0.3) is 0 Å². The van der Waals surface area contributed by atoms with E-state index in [1.54, 1.807) is 18.4 Å². The van der Waals surface area contributed by atoms with Crippen LogP contribution in [0.2, 0.25) is 0 Å². The van der Waals surface area contributed by atoms with E-state index in [-0.39, 0.29) is 11.4 Å². The van der Waals surface area contributed by atoms with Crippen molar-refractivity contribution in [2.75, 3.05) is 12.4 Å². The van der Waals surface area contributed by atoms with E-state index in [0.29, 0.717) is 12.4 Å². The Labute approximate surface area is 80.8 Å². The van der Waals surface area contributed by atoms with Crippen molar-refractivity contribution in [2.45, 2.75) is 6.92 Å². The number of allylic oxidation sites excluding steroid dienone is 1. The molecular formula is C9H10O3S. The molecule has 0 aromatic rings. The second-order valence-electron chi connectivity index (χ2n) is 2.34. The lowest BCUT2D eigenvalue weighted by Crippen LogP contribution is -2.14. The van der Waals surface area contributed by atoms with Crippen LogP contribution in [0.3, 0.4) is 0 Å². The van der Waals surface area contributed by atoms with Crippen LogP contribution >= 0.6 is 11.8 Å². The molecule has 0 bridgehead atoms. The molecule has 0 amide bonds. The molecule has 0 atom stereocenters. The monoisotopic (exact) mass is 198 g/mol. The molecule has 0 aromatic heterocycles. The molecule has 0 saturated heterocycles. The summed E-state index contributed by atoms with van der Waals surface area (Å²) in [5, 5.41) is 1.69. The Morgan fingerprint density at radius 3 is 3.15 bits per heavy atom. The van der Waals surface area contributed by atoms with E-state index in [2.05, 4.69) is 0 Å². The second kappa shape index (κ2) is 4.87. The lowest BCUT2D eigenvalue weighted by Gasteiger charge is -2.01. The van der Waals surface area contributed by atoms with Gasteiger partial charge in [-0.25, -0.2) is 4.79 Å². The van der Waals surface area contributed by atoms with Gasteiger partial charge in [-0.15, -0.1) is 11.8 Å². The number of carbonyl (C=O) groups is 2. The van der Waals surface area contributed by atoms with E-state index in [4.69, 9.17) is 4.74 Å². The van der Waals surface area contributed by atoms with Gasteiger partial charge in [0.1, 0.15) is 5.57 Å². The zero-order valence-electron chi connectivity index (χ0n) is 7.28. The van der Waals surface area contributed by atoms with E-state index >= 15 is 0 Å². The molecule has 0 fully saturated rings. The molecule has 1 aliphatic heterocycles. The molecule has 0 saturated carbocycles. The van der Waals surface area contributed by atoms with Gasteiger partial charge in [0.2, 0.25) is 0 Å². The third-order valence-corrected chi connectivity index (χ3v) is 2.15. The summed E-state index contributed by atoms with van der Waals surface area (Å²) in [4.78, 5) is 22.5. The maximum atomic E-state index is 11.3. The summed E-state index contributed by atoms with van der Waals surface area (Å²) >= 11 is 1.47. The molecule has 1 aliphatic rings. The first-order valence-electron chi connectivity index (χ1n) is 3.95. The highest BCUT2D eigenvalue weighted by Gasteiger charge is 2.17. The molecule has 0 aromatic carbocycles. The third kappa shape index (κ3) is 2.73. The lowest BCUT2D eigenvalue weighted by atomic mass is 10.1. The summed E-state index contributed by atoms with van der Waals surface area (Å²) < 4.78 is 4.74. The van der Waals surface area contributed by atoms with Crippen LogP contribution in [-0.2, 0) is 14.3 Å². The summed E-state index contributed by atoms with van der Waals surface area (Å²) in [5.41, 5.74) is 0.142. The fraction of sp³-hybridized carbons (Fsp3) is 0.333. The largest absolute Gasteiger partial charge is 0.462 e. The van der Waals surface area contributed by atoms with Crippen LogP contribution in [0.15, 0.2) is 23.1 Å². The number of thioether (sulfide) groups is 1. The smallest absolute Gasteiger partial charge is 0.341 e. The number of carbonyl (C=O) groups excluding carboxylic acids is 2. The van der Waals surface area contributed by atoms with Crippen molar-refractivity contribution in [3.8, 4) is 0 Å². The molecule has 0 N–H and O–H groups in total. The molecule has 3 nitrogen and oxygen atoms in total. The minimum absolute atomic E-state index is 0.142. The Morgan fingerprint density at radius 2 is 2.46 bits per heavy atom.